The number of nitrogens with one attached hydrogen (secondary N) is 1. The summed E-state index contributed by atoms with van der Waals surface area (Å²) in [6.45, 7) is 2.86. The molecule has 0 aliphatic heterocycles. The normalized spacial score (nSPS) is 12.8. The molecule has 0 fully saturated rings. The fraction of sp³-hybridized carbons (Fsp3) is 0.600. The van der Waals surface area contributed by atoms with Gasteiger partial charge >= 0.3 is 0 Å². The van der Waals surface area contributed by atoms with Gasteiger partial charge in [0.1, 0.15) is 6.61 Å². The van der Waals surface area contributed by atoms with Crippen molar-refractivity contribution in [3.05, 3.63) is 35.9 Å². The van der Waals surface area contributed by atoms with Gasteiger partial charge in [-0.15, -0.1) is 0 Å². The van der Waals surface area contributed by atoms with Crippen LogP contribution in [0.2, 0.25) is 0 Å². The highest BCUT2D eigenvalue weighted by Crippen LogP contribution is 2.08. The van der Waals surface area contributed by atoms with Gasteiger partial charge < -0.3 is 10.1 Å². The lowest BCUT2D eigenvalue weighted by Crippen LogP contribution is -2.30. The van der Waals surface area contributed by atoms with E-state index >= 15 is 0 Å². The summed E-state index contributed by atoms with van der Waals surface area (Å²) in [5.41, 5.74) is 1.30. The zero-order valence-electron chi connectivity index (χ0n) is 11.4. The van der Waals surface area contributed by atoms with Crippen molar-refractivity contribution in [2.75, 3.05) is 19.8 Å². The summed E-state index contributed by atoms with van der Waals surface area (Å²) in [5.74, 6) is 0. The van der Waals surface area contributed by atoms with Crippen LogP contribution in [-0.2, 0) is 11.2 Å². The topological polar surface area (TPSA) is 21.3 Å². The first kappa shape index (κ1) is 16.1. The first-order valence-corrected chi connectivity index (χ1v) is 6.85. The van der Waals surface area contributed by atoms with Gasteiger partial charge in [0.05, 0.1) is 0 Å². The zero-order valence-corrected chi connectivity index (χ0v) is 11.4. The number of alkyl halides is 2. The van der Waals surface area contributed by atoms with E-state index in [9.17, 15) is 8.78 Å². The molecule has 0 saturated heterocycles. The van der Waals surface area contributed by atoms with E-state index in [0.29, 0.717) is 12.6 Å². The average Bonchev–Trinajstić information content (AvgIpc) is 2.41. The Morgan fingerprint density at radius 1 is 1.16 bits per heavy atom. The molecular weight excluding hydrogens is 248 g/mol. The van der Waals surface area contributed by atoms with Gasteiger partial charge in [0, 0.05) is 12.6 Å². The first-order valence-electron chi connectivity index (χ1n) is 6.85. The highest BCUT2D eigenvalue weighted by molar-refractivity contribution is 5.14. The minimum atomic E-state index is -2.37. The van der Waals surface area contributed by atoms with Crippen LogP contribution in [0.1, 0.15) is 25.3 Å². The second-order valence-corrected chi connectivity index (χ2v) is 4.53. The molecule has 4 heteroatoms. The average molecular weight is 271 g/mol. The van der Waals surface area contributed by atoms with Crippen LogP contribution in [0.3, 0.4) is 0 Å². The maximum atomic E-state index is 11.9. The molecule has 19 heavy (non-hydrogen) atoms. The van der Waals surface area contributed by atoms with Crippen LogP contribution in [0, 0.1) is 0 Å². The lowest BCUT2D eigenvalue weighted by Gasteiger charge is -2.17. The van der Waals surface area contributed by atoms with Crippen molar-refractivity contribution in [3.8, 4) is 0 Å². The van der Waals surface area contributed by atoms with E-state index in [-0.39, 0.29) is 0 Å². The van der Waals surface area contributed by atoms with Crippen molar-refractivity contribution in [2.45, 2.75) is 38.7 Å². The molecule has 0 aromatic heterocycles. The summed E-state index contributed by atoms with van der Waals surface area (Å²) in [7, 11) is 0. The maximum Gasteiger partial charge on any atom is 0.261 e. The van der Waals surface area contributed by atoms with Crippen LogP contribution < -0.4 is 5.32 Å². The van der Waals surface area contributed by atoms with E-state index in [4.69, 9.17) is 4.74 Å². The number of ether oxygens (including phenoxy) is 1. The number of hydrogen-bond donors (Lipinski definition) is 1. The highest BCUT2D eigenvalue weighted by Gasteiger charge is 2.08. The summed E-state index contributed by atoms with van der Waals surface area (Å²) in [6.07, 6.45) is 0.387. The highest BCUT2D eigenvalue weighted by atomic mass is 19.3. The third-order valence-corrected chi connectivity index (χ3v) is 2.97. The predicted molar refractivity (Wildman–Crippen MR) is 73.7 cm³/mol. The van der Waals surface area contributed by atoms with Crippen LogP contribution in [0.25, 0.3) is 0 Å². The van der Waals surface area contributed by atoms with Gasteiger partial charge in [0.2, 0.25) is 0 Å². The fourth-order valence-electron chi connectivity index (χ4n) is 2.02. The molecular formula is C15H23F2NO. The molecule has 0 spiro atoms. The van der Waals surface area contributed by atoms with Crippen molar-refractivity contribution in [2.24, 2.45) is 0 Å². The Morgan fingerprint density at radius 3 is 2.53 bits per heavy atom. The summed E-state index contributed by atoms with van der Waals surface area (Å²) >= 11 is 0. The molecule has 1 atom stereocenters. The Morgan fingerprint density at radius 2 is 1.89 bits per heavy atom. The standard InChI is InChI=1S/C15H23F2NO/c1-2-18-14(10-11-19-12-15(16)17)9-8-13-6-4-3-5-7-13/h3-7,14-15,18H,2,8-12H2,1H3. The van der Waals surface area contributed by atoms with Gasteiger partial charge in [-0.2, -0.15) is 0 Å². The fourth-order valence-corrected chi connectivity index (χ4v) is 2.02. The van der Waals surface area contributed by atoms with Crippen LogP contribution in [-0.4, -0.2) is 32.2 Å². The molecule has 1 aromatic rings. The molecule has 1 N–H and O–H groups in total. The third-order valence-electron chi connectivity index (χ3n) is 2.97. The van der Waals surface area contributed by atoms with E-state index in [1.165, 1.54) is 5.56 Å². The van der Waals surface area contributed by atoms with Crippen molar-refractivity contribution >= 4 is 0 Å². The third kappa shape index (κ3) is 7.90. The quantitative estimate of drug-likeness (QED) is 0.659. The van der Waals surface area contributed by atoms with Crippen LogP contribution in [0.5, 0.6) is 0 Å². The molecule has 0 amide bonds. The second-order valence-electron chi connectivity index (χ2n) is 4.53. The van der Waals surface area contributed by atoms with E-state index in [0.717, 1.165) is 25.8 Å². The molecule has 2 nitrogen and oxygen atoms in total. The largest absolute Gasteiger partial charge is 0.375 e. The van der Waals surface area contributed by atoms with Crippen molar-refractivity contribution in [3.63, 3.8) is 0 Å². The molecule has 0 bridgehead atoms. The maximum absolute atomic E-state index is 11.9. The molecule has 108 valence electrons. The Kier molecular flexibility index (Phi) is 8.34. The van der Waals surface area contributed by atoms with Gasteiger partial charge in [0.15, 0.2) is 0 Å². The lowest BCUT2D eigenvalue weighted by atomic mass is 10.0. The predicted octanol–water partition coefficient (Wildman–Crippen LogP) is 3.27. The van der Waals surface area contributed by atoms with Gasteiger partial charge in [-0.25, -0.2) is 8.78 Å². The number of hydrogen-bond acceptors (Lipinski definition) is 2. The molecule has 1 rings (SSSR count). The minimum absolute atomic E-state index is 0.322. The lowest BCUT2D eigenvalue weighted by molar-refractivity contribution is 0.0142. The van der Waals surface area contributed by atoms with Crippen molar-refractivity contribution in [1.82, 2.24) is 5.32 Å². The molecule has 1 unspecified atom stereocenters. The molecule has 1 aromatic carbocycles. The van der Waals surface area contributed by atoms with Gasteiger partial charge in [0.25, 0.3) is 6.43 Å². The number of aryl methyl sites for hydroxylation is 1. The van der Waals surface area contributed by atoms with E-state index < -0.39 is 13.0 Å². The van der Waals surface area contributed by atoms with E-state index in [1.54, 1.807) is 0 Å². The van der Waals surface area contributed by atoms with Crippen molar-refractivity contribution < 1.29 is 13.5 Å². The van der Waals surface area contributed by atoms with Gasteiger partial charge in [-0.1, -0.05) is 37.3 Å². The van der Waals surface area contributed by atoms with Crippen LogP contribution in [0.4, 0.5) is 8.78 Å². The minimum Gasteiger partial charge on any atom is -0.375 e. The molecule has 0 saturated carbocycles. The summed E-state index contributed by atoms with van der Waals surface area (Å²) < 4.78 is 28.8. The summed E-state index contributed by atoms with van der Waals surface area (Å²) in [4.78, 5) is 0. The van der Waals surface area contributed by atoms with Crippen LogP contribution >= 0.6 is 0 Å². The van der Waals surface area contributed by atoms with E-state index in [1.807, 2.05) is 18.2 Å². The first-order chi connectivity index (χ1) is 9.22. The van der Waals surface area contributed by atoms with Gasteiger partial charge in [-0.05, 0) is 31.4 Å². The SMILES string of the molecule is CCNC(CCOCC(F)F)CCc1ccccc1. The number of halogens is 2. The second kappa shape index (κ2) is 9.87. The van der Waals surface area contributed by atoms with Crippen LogP contribution in [0.15, 0.2) is 30.3 Å². The Bertz CT molecular complexity index is 319. The molecule has 0 aliphatic carbocycles. The summed E-state index contributed by atoms with van der Waals surface area (Å²) in [6, 6.07) is 10.6. The summed E-state index contributed by atoms with van der Waals surface area (Å²) in [5, 5.41) is 3.37. The Hall–Kier alpha value is -1.00. The smallest absolute Gasteiger partial charge is 0.261 e. The molecule has 0 radical (unpaired) electrons. The Balaban J connectivity index is 2.24. The zero-order chi connectivity index (χ0) is 13.9. The number of rotatable bonds is 10. The van der Waals surface area contributed by atoms with Gasteiger partial charge in [-0.3, -0.25) is 0 Å². The monoisotopic (exact) mass is 271 g/mol. The molecule has 0 aliphatic rings. The van der Waals surface area contributed by atoms with Crippen molar-refractivity contribution in [1.29, 1.82) is 0 Å². The molecule has 0 heterocycles. The Labute approximate surface area is 114 Å². The number of benzene rings is 1. The van der Waals surface area contributed by atoms with E-state index in [2.05, 4.69) is 24.4 Å².